The molecule has 0 spiro atoms. The van der Waals surface area contributed by atoms with Crippen molar-refractivity contribution in [2.24, 2.45) is 0 Å². The second-order valence-electron chi connectivity index (χ2n) is 5.71. The van der Waals surface area contributed by atoms with Gasteiger partial charge in [-0.2, -0.15) is 0 Å². The van der Waals surface area contributed by atoms with Gasteiger partial charge in [-0.15, -0.1) is 0 Å². The molecule has 0 atom stereocenters. The van der Waals surface area contributed by atoms with Crippen LogP contribution in [0.25, 0.3) is 16.7 Å². The van der Waals surface area contributed by atoms with Gasteiger partial charge in [0.2, 0.25) is 0 Å². The summed E-state index contributed by atoms with van der Waals surface area (Å²) in [6.07, 6.45) is 3.48. The van der Waals surface area contributed by atoms with Crippen molar-refractivity contribution in [3.05, 3.63) is 77.1 Å². The lowest BCUT2D eigenvalue weighted by Crippen LogP contribution is -1.96. The number of allylic oxidation sites excluding steroid dienone is 4. The van der Waals surface area contributed by atoms with E-state index >= 15 is 0 Å². The van der Waals surface area contributed by atoms with E-state index in [1.807, 2.05) is 32.9 Å². The molecule has 0 aliphatic rings. The Morgan fingerprint density at radius 2 is 1.62 bits per heavy atom. The van der Waals surface area contributed by atoms with Crippen LogP contribution < -0.4 is 0 Å². The van der Waals surface area contributed by atoms with Crippen molar-refractivity contribution in [3.63, 3.8) is 0 Å². The minimum atomic E-state index is -0.829. The third-order valence-corrected chi connectivity index (χ3v) is 3.81. The van der Waals surface area contributed by atoms with Gasteiger partial charge in [0, 0.05) is 11.1 Å². The van der Waals surface area contributed by atoms with E-state index in [0.29, 0.717) is 17.7 Å². The summed E-state index contributed by atoms with van der Waals surface area (Å²) in [6, 6.07) is 10.6. The van der Waals surface area contributed by atoms with E-state index in [2.05, 4.69) is 0 Å². The normalized spacial score (nSPS) is 12.4. The van der Waals surface area contributed by atoms with Gasteiger partial charge in [0.25, 0.3) is 0 Å². The van der Waals surface area contributed by atoms with Crippen LogP contribution in [0.3, 0.4) is 0 Å². The Balaban J connectivity index is 2.38. The molecule has 3 heteroatoms. The van der Waals surface area contributed by atoms with Crippen molar-refractivity contribution >= 4 is 5.57 Å². The van der Waals surface area contributed by atoms with Crippen LogP contribution in [-0.4, -0.2) is 6.61 Å². The Bertz CT molecular complexity index is 771. The molecule has 0 radical (unpaired) electrons. The first kappa shape index (κ1) is 17.9. The second-order valence-corrected chi connectivity index (χ2v) is 5.71. The van der Waals surface area contributed by atoms with Gasteiger partial charge in [-0.25, -0.2) is 8.78 Å². The van der Waals surface area contributed by atoms with Crippen LogP contribution in [0.5, 0.6) is 0 Å². The van der Waals surface area contributed by atoms with E-state index in [1.54, 1.807) is 43.3 Å². The molecule has 0 unspecified atom stereocenters. The summed E-state index contributed by atoms with van der Waals surface area (Å²) in [4.78, 5) is 0. The number of hydrogen-bond donors (Lipinski definition) is 0. The fourth-order valence-electron chi connectivity index (χ4n) is 2.42. The minimum absolute atomic E-state index is 0.254. The molecule has 24 heavy (non-hydrogen) atoms. The third kappa shape index (κ3) is 4.10. The number of hydrogen-bond acceptors (Lipinski definition) is 1. The van der Waals surface area contributed by atoms with Gasteiger partial charge in [-0.3, -0.25) is 0 Å². The van der Waals surface area contributed by atoms with Crippen LogP contribution in [0.2, 0.25) is 0 Å². The van der Waals surface area contributed by atoms with Crippen molar-refractivity contribution in [2.75, 3.05) is 6.61 Å². The predicted molar refractivity (Wildman–Crippen MR) is 95.6 cm³/mol. The Morgan fingerprint density at radius 3 is 2.25 bits per heavy atom. The van der Waals surface area contributed by atoms with Gasteiger partial charge in [-0.1, -0.05) is 48.0 Å². The third-order valence-electron chi connectivity index (χ3n) is 3.81. The van der Waals surface area contributed by atoms with Crippen LogP contribution in [0.4, 0.5) is 8.78 Å². The molecule has 2 aromatic rings. The molecule has 2 rings (SSSR count). The quantitative estimate of drug-likeness (QED) is 0.463. The van der Waals surface area contributed by atoms with E-state index in [9.17, 15) is 8.78 Å². The average molecular weight is 328 g/mol. The van der Waals surface area contributed by atoms with Gasteiger partial charge in [0.15, 0.2) is 11.6 Å². The maximum atomic E-state index is 14.5. The molecule has 1 nitrogen and oxygen atoms in total. The first-order chi connectivity index (χ1) is 11.4. The molecule has 0 saturated carbocycles. The molecule has 0 saturated heterocycles. The van der Waals surface area contributed by atoms with Gasteiger partial charge >= 0.3 is 0 Å². The number of ether oxygens (including phenoxy) is 1. The molecule has 0 heterocycles. The van der Waals surface area contributed by atoms with E-state index < -0.39 is 11.6 Å². The summed E-state index contributed by atoms with van der Waals surface area (Å²) in [5, 5.41) is 0. The first-order valence-electron chi connectivity index (χ1n) is 7.97. The molecule has 0 bridgehead atoms. The summed E-state index contributed by atoms with van der Waals surface area (Å²) in [5.74, 6) is -0.923. The number of rotatable bonds is 5. The van der Waals surface area contributed by atoms with Crippen LogP contribution in [0, 0.1) is 18.6 Å². The van der Waals surface area contributed by atoms with Gasteiger partial charge < -0.3 is 4.74 Å². The maximum absolute atomic E-state index is 14.5. The monoisotopic (exact) mass is 328 g/mol. The lowest BCUT2D eigenvalue weighted by atomic mass is 9.98. The Labute approximate surface area is 142 Å². The van der Waals surface area contributed by atoms with E-state index in [1.165, 1.54) is 0 Å². The molecule has 0 fully saturated rings. The summed E-state index contributed by atoms with van der Waals surface area (Å²) in [7, 11) is 0. The Hall–Kier alpha value is -2.42. The lowest BCUT2D eigenvalue weighted by Gasteiger charge is -2.09. The highest BCUT2D eigenvalue weighted by Crippen LogP contribution is 2.29. The molecular weight excluding hydrogens is 306 g/mol. The summed E-state index contributed by atoms with van der Waals surface area (Å²) < 4.78 is 34.3. The zero-order valence-electron chi connectivity index (χ0n) is 14.5. The Morgan fingerprint density at radius 1 is 0.958 bits per heavy atom. The second kappa shape index (κ2) is 7.91. The van der Waals surface area contributed by atoms with Crippen LogP contribution in [-0.2, 0) is 4.74 Å². The molecule has 0 aliphatic heterocycles. The highest BCUT2D eigenvalue weighted by Gasteiger charge is 2.15. The molecule has 126 valence electrons. The SMILES string of the molecule is CCOC(C)=CC=C(C)c1ccc(-c2ccc(C)cc2)c(F)c1F. The number of halogens is 2. The largest absolute Gasteiger partial charge is 0.499 e. The zero-order chi connectivity index (χ0) is 17.7. The van der Waals surface area contributed by atoms with E-state index in [-0.39, 0.29) is 11.1 Å². The molecule has 0 N–H and O–H groups in total. The fraction of sp³-hybridized carbons (Fsp3) is 0.238. The lowest BCUT2D eigenvalue weighted by molar-refractivity contribution is 0.231. The van der Waals surface area contributed by atoms with Gasteiger partial charge in [0.05, 0.1) is 12.4 Å². The van der Waals surface area contributed by atoms with Crippen molar-refractivity contribution in [1.29, 1.82) is 0 Å². The predicted octanol–water partition coefficient (Wildman–Crippen LogP) is 6.28. The smallest absolute Gasteiger partial charge is 0.167 e. The average Bonchev–Trinajstić information content (AvgIpc) is 2.56. The van der Waals surface area contributed by atoms with Crippen LogP contribution in [0.15, 0.2) is 54.3 Å². The maximum Gasteiger partial charge on any atom is 0.167 e. The fourth-order valence-corrected chi connectivity index (χ4v) is 2.42. The molecule has 0 amide bonds. The highest BCUT2D eigenvalue weighted by molar-refractivity contribution is 5.71. The van der Waals surface area contributed by atoms with Crippen molar-refractivity contribution in [1.82, 2.24) is 0 Å². The molecule has 2 aromatic carbocycles. The topological polar surface area (TPSA) is 9.23 Å². The van der Waals surface area contributed by atoms with Crippen molar-refractivity contribution in [2.45, 2.75) is 27.7 Å². The standard InChI is InChI=1S/C21H22F2O/c1-5-24-16(4)9-8-15(3)18-12-13-19(21(23)20(18)22)17-10-6-14(2)7-11-17/h6-13H,5H2,1-4H3. The summed E-state index contributed by atoms with van der Waals surface area (Å²) in [6.45, 7) is 8.00. The number of benzene rings is 2. The summed E-state index contributed by atoms with van der Waals surface area (Å²) in [5.41, 5.74) is 2.90. The van der Waals surface area contributed by atoms with Gasteiger partial charge in [0.1, 0.15) is 0 Å². The first-order valence-corrected chi connectivity index (χ1v) is 7.97. The van der Waals surface area contributed by atoms with Crippen molar-refractivity contribution in [3.8, 4) is 11.1 Å². The molecular formula is C21H22F2O. The Kier molecular flexibility index (Phi) is 5.91. The zero-order valence-corrected chi connectivity index (χ0v) is 14.5. The van der Waals surface area contributed by atoms with Crippen molar-refractivity contribution < 1.29 is 13.5 Å². The number of aryl methyl sites for hydroxylation is 1. The highest BCUT2D eigenvalue weighted by atomic mass is 19.2. The molecule has 0 aromatic heterocycles. The van der Waals surface area contributed by atoms with E-state index in [0.717, 1.165) is 11.3 Å². The summed E-state index contributed by atoms with van der Waals surface area (Å²) >= 11 is 0. The van der Waals surface area contributed by atoms with E-state index in [4.69, 9.17) is 4.74 Å². The minimum Gasteiger partial charge on any atom is -0.499 e. The van der Waals surface area contributed by atoms with Gasteiger partial charge in [-0.05, 0) is 44.9 Å². The van der Waals surface area contributed by atoms with Crippen LogP contribution >= 0.6 is 0 Å². The molecule has 0 aliphatic carbocycles. The van der Waals surface area contributed by atoms with Crippen LogP contribution in [0.1, 0.15) is 31.9 Å².